The van der Waals surface area contributed by atoms with Crippen molar-refractivity contribution < 1.29 is 14.6 Å². The molecule has 0 saturated carbocycles. The fourth-order valence-electron chi connectivity index (χ4n) is 2.74. The van der Waals surface area contributed by atoms with Crippen molar-refractivity contribution in [2.75, 3.05) is 25.7 Å². The number of fused-ring (bicyclic) bond motifs is 1. The topological polar surface area (TPSA) is 67.7 Å². The number of β-amino-alcohol motifs (C(OH)–C–C–N with tert-alkyl or cyclic N) is 1. The lowest BCUT2D eigenvalue weighted by Gasteiger charge is -2.34. The standard InChI is InChI=1S/C15H16ClN3O3/c1-21-11-3-4-12(22-2)15-9(11)7-19(8-10(15)20)14-6-17-5-13(16)18-14/h3-6,10,20H,7-8H2,1-2H3/t10-/m1/s1. The molecule has 1 atom stereocenters. The summed E-state index contributed by atoms with van der Waals surface area (Å²) in [4.78, 5) is 10.2. The van der Waals surface area contributed by atoms with E-state index in [1.807, 2.05) is 11.0 Å². The number of methoxy groups -OCH3 is 2. The van der Waals surface area contributed by atoms with Crippen molar-refractivity contribution in [1.82, 2.24) is 9.97 Å². The van der Waals surface area contributed by atoms with Gasteiger partial charge in [-0.2, -0.15) is 0 Å². The summed E-state index contributed by atoms with van der Waals surface area (Å²) in [6.45, 7) is 0.910. The summed E-state index contributed by atoms with van der Waals surface area (Å²) in [5, 5.41) is 10.9. The molecule has 0 fully saturated rings. The van der Waals surface area contributed by atoms with Crippen LogP contribution in [0.2, 0.25) is 5.15 Å². The van der Waals surface area contributed by atoms with Gasteiger partial charge in [0.1, 0.15) is 28.6 Å². The van der Waals surface area contributed by atoms with Crippen LogP contribution in [0.1, 0.15) is 17.2 Å². The normalized spacial score (nSPS) is 17.1. The number of ether oxygens (including phenoxy) is 2. The quantitative estimate of drug-likeness (QED) is 0.934. The zero-order valence-corrected chi connectivity index (χ0v) is 13.0. The molecule has 7 heteroatoms. The molecule has 22 heavy (non-hydrogen) atoms. The first-order valence-corrected chi connectivity index (χ1v) is 7.16. The summed E-state index contributed by atoms with van der Waals surface area (Å²) in [7, 11) is 3.19. The van der Waals surface area contributed by atoms with Gasteiger partial charge in [0.25, 0.3) is 0 Å². The number of hydrogen-bond acceptors (Lipinski definition) is 6. The van der Waals surface area contributed by atoms with Gasteiger partial charge in [-0.1, -0.05) is 11.6 Å². The van der Waals surface area contributed by atoms with Gasteiger partial charge in [0.05, 0.1) is 33.2 Å². The maximum atomic E-state index is 10.5. The fraction of sp³-hybridized carbons (Fsp3) is 0.333. The van der Waals surface area contributed by atoms with Gasteiger partial charge in [-0.3, -0.25) is 4.98 Å². The van der Waals surface area contributed by atoms with E-state index < -0.39 is 6.10 Å². The minimum absolute atomic E-state index is 0.315. The number of halogens is 1. The van der Waals surface area contributed by atoms with E-state index in [1.54, 1.807) is 26.5 Å². The lowest BCUT2D eigenvalue weighted by Crippen LogP contribution is -2.34. The highest BCUT2D eigenvalue weighted by Gasteiger charge is 2.30. The molecule has 1 aliphatic rings. The second kappa shape index (κ2) is 5.98. The van der Waals surface area contributed by atoms with Gasteiger partial charge in [0.2, 0.25) is 0 Å². The molecule has 1 N–H and O–H groups in total. The Kier molecular flexibility index (Phi) is 4.04. The summed E-state index contributed by atoms with van der Waals surface area (Å²) in [5.74, 6) is 1.97. The average Bonchev–Trinajstić information content (AvgIpc) is 2.53. The van der Waals surface area contributed by atoms with Crippen LogP contribution < -0.4 is 14.4 Å². The molecule has 0 bridgehead atoms. The Bertz CT molecular complexity index is 696. The molecule has 0 unspecified atom stereocenters. The first kappa shape index (κ1) is 14.9. The van der Waals surface area contributed by atoms with Gasteiger partial charge in [-0.05, 0) is 12.1 Å². The van der Waals surface area contributed by atoms with Crippen LogP contribution in [0.5, 0.6) is 11.5 Å². The van der Waals surface area contributed by atoms with Crippen LogP contribution in [0, 0.1) is 0 Å². The number of anilines is 1. The second-order valence-electron chi connectivity index (χ2n) is 4.96. The molecule has 1 aliphatic heterocycles. The van der Waals surface area contributed by atoms with Crippen molar-refractivity contribution in [2.24, 2.45) is 0 Å². The molecule has 116 valence electrons. The number of benzene rings is 1. The van der Waals surface area contributed by atoms with E-state index in [2.05, 4.69) is 9.97 Å². The summed E-state index contributed by atoms with van der Waals surface area (Å²) in [6.07, 6.45) is 2.38. The van der Waals surface area contributed by atoms with Gasteiger partial charge in [-0.15, -0.1) is 0 Å². The number of aliphatic hydroxyl groups excluding tert-OH is 1. The predicted octanol–water partition coefficient (Wildman–Crippen LogP) is 2.20. The van der Waals surface area contributed by atoms with Crippen LogP contribution in [0.15, 0.2) is 24.5 Å². The molecule has 3 rings (SSSR count). The minimum atomic E-state index is -0.713. The summed E-state index contributed by atoms with van der Waals surface area (Å²) >= 11 is 5.90. The smallest absolute Gasteiger partial charge is 0.149 e. The van der Waals surface area contributed by atoms with Crippen LogP contribution in [0.4, 0.5) is 5.82 Å². The maximum Gasteiger partial charge on any atom is 0.149 e. The number of aliphatic hydroxyl groups is 1. The number of hydrogen-bond donors (Lipinski definition) is 1. The SMILES string of the molecule is COc1ccc(OC)c2c1CN(c1cncc(Cl)n1)C[C@H]2O. The van der Waals surface area contributed by atoms with E-state index in [4.69, 9.17) is 21.1 Å². The van der Waals surface area contributed by atoms with Gasteiger partial charge < -0.3 is 19.5 Å². The molecule has 6 nitrogen and oxygen atoms in total. The van der Waals surface area contributed by atoms with E-state index in [-0.39, 0.29) is 0 Å². The van der Waals surface area contributed by atoms with Gasteiger partial charge in [0, 0.05) is 17.7 Å². The maximum absolute atomic E-state index is 10.5. The molecule has 0 saturated heterocycles. The van der Waals surface area contributed by atoms with E-state index in [0.717, 1.165) is 11.1 Å². The van der Waals surface area contributed by atoms with E-state index in [9.17, 15) is 5.11 Å². The number of rotatable bonds is 3. The molecule has 0 radical (unpaired) electrons. The van der Waals surface area contributed by atoms with Crippen molar-refractivity contribution in [3.8, 4) is 11.5 Å². The minimum Gasteiger partial charge on any atom is -0.496 e. The van der Waals surface area contributed by atoms with Crippen molar-refractivity contribution in [3.05, 3.63) is 40.8 Å². The summed E-state index contributed by atoms with van der Waals surface area (Å²) in [6, 6.07) is 3.63. The van der Waals surface area contributed by atoms with Crippen molar-refractivity contribution in [1.29, 1.82) is 0 Å². The van der Waals surface area contributed by atoms with Crippen LogP contribution in [-0.2, 0) is 6.54 Å². The Balaban J connectivity index is 2.04. The first-order valence-electron chi connectivity index (χ1n) is 6.78. The third-order valence-electron chi connectivity index (χ3n) is 3.71. The summed E-state index contributed by atoms with van der Waals surface area (Å²) in [5.41, 5.74) is 1.63. The van der Waals surface area contributed by atoms with Crippen molar-refractivity contribution in [3.63, 3.8) is 0 Å². The summed E-state index contributed by atoms with van der Waals surface area (Å²) < 4.78 is 10.8. The predicted molar refractivity (Wildman–Crippen MR) is 82.6 cm³/mol. The largest absolute Gasteiger partial charge is 0.496 e. The molecule has 0 amide bonds. The highest BCUT2D eigenvalue weighted by atomic mass is 35.5. The lowest BCUT2D eigenvalue weighted by molar-refractivity contribution is 0.169. The van der Waals surface area contributed by atoms with Crippen LogP contribution in [-0.4, -0.2) is 35.8 Å². The molecule has 1 aromatic heterocycles. The Hall–Kier alpha value is -2.05. The molecular weight excluding hydrogens is 306 g/mol. The Morgan fingerprint density at radius 2 is 1.95 bits per heavy atom. The van der Waals surface area contributed by atoms with Crippen LogP contribution in [0.3, 0.4) is 0 Å². The molecule has 1 aromatic carbocycles. The van der Waals surface area contributed by atoms with E-state index in [0.29, 0.717) is 35.6 Å². The first-order chi connectivity index (χ1) is 10.6. The van der Waals surface area contributed by atoms with E-state index in [1.165, 1.54) is 6.20 Å². The molecule has 0 spiro atoms. The monoisotopic (exact) mass is 321 g/mol. The number of nitrogens with zero attached hydrogens (tertiary/aromatic N) is 3. The highest BCUT2D eigenvalue weighted by molar-refractivity contribution is 6.29. The van der Waals surface area contributed by atoms with Crippen LogP contribution >= 0.6 is 11.6 Å². The van der Waals surface area contributed by atoms with E-state index >= 15 is 0 Å². The Morgan fingerprint density at radius 3 is 2.64 bits per heavy atom. The third kappa shape index (κ3) is 2.55. The Morgan fingerprint density at radius 1 is 1.23 bits per heavy atom. The van der Waals surface area contributed by atoms with Gasteiger partial charge in [0.15, 0.2) is 0 Å². The molecule has 2 heterocycles. The third-order valence-corrected chi connectivity index (χ3v) is 3.89. The van der Waals surface area contributed by atoms with Gasteiger partial charge >= 0.3 is 0 Å². The Labute approximate surface area is 133 Å². The van der Waals surface area contributed by atoms with Crippen molar-refractivity contribution >= 4 is 17.4 Å². The number of aromatic nitrogens is 2. The fourth-order valence-corrected chi connectivity index (χ4v) is 2.88. The average molecular weight is 322 g/mol. The van der Waals surface area contributed by atoms with Gasteiger partial charge in [-0.25, -0.2) is 4.98 Å². The van der Waals surface area contributed by atoms with Crippen molar-refractivity contribution in [2.45, 2.75) is 12.6 Å². The molecule has 0 aliphatic carbocycles. The highest BCUT2D eigenvalue weighted by Crippen LogP contribution is 2.40. The molecular formula is C15H16ClN3O3. The van der Waals surface area contributed by atoms with Crippen LogP contribution in [0.25, 0.3) is 0 Å². The zero-order valence-electron chi connectivity index (χ0n) is 12.3. The zero-order chi connectivity index (χ0) is 15.7. The second-order valence-corrected chi connectivity index (χ2v) is 5.35. The lowest BCUT2D eigenvalue weighted by atomic mass is 9.95. The molecule has 2 aromatic rings.